The molecule has 1 aromatic rings. The predicted molar refractivity (Wildman–Crippen MR) is 63.0 cm³/mol. The summed E-state index contributed by atoms with van der Waals surface area (Å²) < 4.78 is 5.93. The Kier molecular flexibility index (Phi) is 3.79. The molecule has 1 aliphatic rings. The van der Waals surface area contributed by atoms with E-state index in [1.807, 2.05) is 0 Å². The number of rotatable bonds is 5. The van der Waals surface area contributed by atoms with Crippen molar-refractivity contribution in [3.8, 4) is 0 Å². The molecule has 1 aromatic carbocycles. The molecule has 0 bridgehead atoms. The van der Waals surface area contributed by atoms with Gasteiger partial charge in [-0.2, -0.15) is 0 Å². The number of hydrogen-bond donors (Lipinski definition) is 0. The van der Waals surface area contributed by atoms with Gasteiger partial charge < -0.3 is 4.74 Å². The average Bonchev–Trinajstić information content (AvgIpc) is 2.68. The van der Waals surface area contributed by atoms with Gasteiger partial charge in [0.15, 0.2) is 0 Å². The molecule has 0 fully saturated rings. The largest absolute Gasteiger partial charge is 0.374 e. The van der Waals surface area contributed by atoms with Gasteiger partial charge in [0.05, 0.1) is 6.10 Å². The van der Waals surface area contributed by atoms with Crippen LogP contribution in [0, 0.1) is 0 Å². The Morgan fingerprint density at radius 1 is 1.27 bits per heavy atom. The maximum absolute atomic E-state index is 5.93. The van der Waals surface area contributed by atoms with E-state index < -0.39 is 0 Å². The van der Waals surface area contributed by atoms with Gasteiger partial charge in [0.1, 0.15) is 0 Å². The van der Waals surface area contributed by atoms with Gasteiger partial charge in [0.25, 0.3) is 0 Å². The summed E-state index contributed by atoms with van der Waals surface area (Å²) in [5, 5.41) is 0. The zero-order chi connectivity index (χ0) is 10.5. The number of hydrogen-bond acceptors (Lipinski definition) is 1. The minimum Gasteiger partial charge on any atom is -0.374 e. The smallest absolute Gasteiger partial charge is 0.0830 e. The molecule has 0 heterocycles. The van der Waals surface area contributed by atoms with E-state index in [0.29, 0.717) is 6.10 Å². The second kappa shape index (κ2) is 5.32. The SMILES string of the molecule is CCCCCO[C@@H]1CCc2ccccc21. The highest BCUT2D eigenvalue weighted by Crippen LogP contribution is 2.33. The second-order valence-corrected chi connectivity index (χ2v) is 4.30. The Hall–Kier alpha value is -0.820. The van der Waals surface area contributed by atoms with E-state index in [1.54, 1.807) is 0 Å². The number of aryl methyl sites for hydroxylation is 1. The van der Waals surface area contributed by atoms with Crippen molar-refractivity contribution in [3.63, 3.8) is 0 Å². The summed E-state index contributed by atoms with van der Waals surface area (Å²) in [5.74, 6) is 0. The molecule has 1 atom stereocenters. The van der Waals surface area contributed by atoms with Crippen molar-refractivity contribution in [2.45, 2.75) is 45.1 Å². The molecule has 0 radical (unpaired) electrons. The van der Waals surface area contributed by atoms with Crippen LogP contribution in [0.5, 0.6) is 0 Å². The third-order valence-electron chi connectivity index (χ3n) is 3.14. The second-order valence-electron chi connectivity index (χ2n) is 4.30. The first kappa shape index (κ1) is 10.7. The molecule has 0 aliphatic heterocycles. The van der Waals surface area contributed by atoms with Gasteiger partial charge in [-0.3, -0.25) is 0 Å². The highest BCUT2D eigenvalue weighted by atomic mass is 16.5. The summed E-state index contributed by atoms with van der Waals surface area (Å²) in [6.07, 6.45) is 6.49. The van der Waals surface area contributed by atoms with Crippen LogP contribution >= 0.6 is 0 Å². The third kappa shape index (κ3) is 2.60. The highest BCUT2D eigenvalue weighted by Gasteiger charge is 2.21. The molecular weight excluding hydrogens is 184 g/mol. The normalized spacial score (nSPS) is 19.1. The van der Waals surface area contributed by atoms with E-state index in [1.165, 1.54) is 43.2 Å². The van der Waals surface area contributed by atoms with Crippen LogP contribution in [0.4, 0.5) is 0 Å². The molecule has 15 heavy (non-hydrogen) atoms. The number of fused-ring (bicyclic) bond motifs is 1. The van der Waals surface area contributed by atoms with Gasteiger partial charge in [-0.25, -0.2) is 0 Å². The van der Waals surface area contributed by atoms with E-state index in [2.05, 4.69) is 31.2 Å². The monoisotopic (exact) mass is 204 g/mol. The van der Waals surface area contributed by atoms with Crippen molar-refractivity contribution in [2.24, 2.45) is 0 Å². The highest BCUT2D eigenvalue weighted by molar-refractivity contribution is 5.33. The van der Waals surface area contributed by atoms with Gasteiger partial charge in [-0.1, -0.05) is 44.0 Å². The fourth-order valence-corrected chi connectivity index (χ4v) is 2.27. The van der Waals surface area contributed by atoms with E-state index in [9.17, 15) is 0 Å². The van der Waals surface area contributed by atoms with Gasteiger partial charge in [-0.15, -0.1) is 0 Å². The zero-order valence-corrected chi connectivity index (χ0v) is 9.54. The molecule has 1 nitrogen and oxygen atoms in total. The number of benzene rings is 1. The van der Waals surface area contributed by atoms with Crippen LogP contribution in [0.15, 0.2) is 24.3 Å². The lowest BCUT2D eigenvalue weighted by atomic mass is 10.1. The lowest BCUT2D eigenvalue weighted by molar-refractivity contribution is 0.0514. The fraction of sp³-hybridized carbons (Fsp3) is 0.571. The Morgan fingerprint density at radius 3 is 3.00 bits per heavy atom. The minimum atomic E-state index is 0.373. The van der Waals surface area contributed by atoms with Crippen LogP contribution in [-0.2, 0) is 11.2 Å². The maximum Gasteiger partial charge on any atom is 0.0830 e. The molecule has 1 aliphatic carbocycles. The Balaban J connectivity index is 1.85. The number of ether oxygens (including phenoxy) is 1. The van der Waals surface area contributed by atoms with Crippen LogP contribution < -0.4 is 0 Å². The van der Waals surface area contributed by atoms with Crippen molar-refractivity contribution >= 4 is 0 Å². The van der Waals surface area contributed by atoms with E-state index in [-0.39, 0.29) is 0 Å². The predicted octanol–water partition coefficient (Wildman–Crippen LogP) is 3.88. The van der Waals surface area contributed by atoms with Crippen molar-refractivity contribution in [2.75, 3.05) is 6.61 Å². The van der Waals surface area contributed by atoms with Gasteiger partial charge >= 0.3 is 0 Å². The Bertz CT molecular complexity index is 306. The third-order valence-corrected chi connectivity index (χ3v) is 3.14. The van der Waals surface area contributed by atoms with E-state index in [0.717, 1.165) is 6.61 Å². The van der Waals surface area contributed by atoms with Crippen LogP contribution in [-0.4, -0.2) is 6.61 Å². The average molecular weight is 204 g/mol. The first-order chi connectivity index (χ1) is 7.42. The molecule has 1 heteroatoms. The van der Waals surface area contributed by atoms with Crippen LogP contribution in [0.25, 0.3) is 0 Å². The molecule has 2 rings (SSSR count). The van der Waals surface area contributed by atoms with Gasteiger partial charge in [0.2, 0.25) is 0 Å². The van der Waals surface area contributed by atoms with Crippen molar-refractivity contribution in [3.05, 3.63) is 35.4 Å². The molecule has 0 unspecified atom stereocenters. The summed E-state index contributed by atoms with van der Waals surface area (Å²) in [5.41, 5.74) is 2.91. The molecule has 0 amide bonds. The number of unbranched alkanes of at least 4 members (excludes halogenated alkanes) is 2. The van der Waals surface area contributed by atoms with Crippen molar-refractivity contribution in [1.82, 2.24) is 0 Å². The quantitative estimate of drug-likeness (QED) is 0.661. The van der Waals surface area contributed by atoms with Crippen LogP contribution in [0.1, 0.15) is 49.8 Å². The molecular formula is C14H20O. The van der Waals surface area contributed by atoms with Crippen LogP contribution in [0.3, 0.4) is 0 Å². The summed E-state index contributed by atoms with van der Waals surface area (Å²) in [6, 6.07) is 8.68. The fourth-order valence-electron chi connectivity index (χ4n) is 2.27. The topological polar surface area (TPSA) is 9.23 Å². The van der Waals surface area contributed by atoms with Crippen molar-refractivity contribution in [1.29, 1.82) is 0 Å². The lowest BCUT2D eigenvalue weighted by Crippen LogP contribution is -2.01. The molecule has 0 saturated heterocycles. The lowest BCUT2D eigenvalue weighted by Gasteiger charge is -2.12. The molecule has 0 saturated carbocycles. The molecule has 0 N–H and O–H groups in total. The Labute approximate surface area is 92.5 Å². The molecule has 0 spiro atoms. The van der Waals surface area contributed by atoms with Gasteiger partial charge in [0, 0.05) is 6.61 Å². The standard InChI is InChI=1S/C14H20O/c1-2-3-6-11-15-14-10-9-12-7-4-5-8-13(12)14/h4-5,7-8,14H,2-3,6,9-11H2,1H3/t14-/m1/s1. The maximum atomic E-state index is 5.93. The van der Waals surface area contributed by atoms with E-state index in [4.69, 9.17) is 4.74 Å². The zero-order valence-electron chi connectivity index (χ0n) is 9.54. The molecule has 82 valence electrons. The first-order valence-corrected chi connectivity index (χ1v) is 6.11. The first-order valence-electron chi connectivity index (χ1n) is 6.11. The summed E-state index contributed by atoms with van der Waals surface area (Å²) in [7, 11) is 0. The molecule has 0 aromatic heterocycles. The minimum absolute atomic E-state index is 0.373. The van der Waals surface area contributed by atoms with E-state index >= 15 is 0 Å². The summed E-state index contributed by atoms with van der Waals surface area (Å²) >= 11 is 0. The van der Waals surface area contributed by atoms with Crippen molar-refractivity contribution < 1.29 is 4.74 Å². The van der Waals surface area contributed by atoms with Crippen LogP contribution in [0.2, 0.25) is 0 Å². The summed E-state index contributed by atoms with van der Waals surface area (Å²) in [4.78, 5) is 0. The van der Waals surface area contributed by atoms with Gasteiger partial charge in [-0.05, 0) is 30.4 Å². The Morgan fingerprint density at radius 2 is 2.13 bits per heavy atom. The summed E-state index contributed by atoms with van der Waals surface area (Å²) in [6.45, 7) is 3.15.